The number of hydrogen-bond donors (Lipinski definition) is 0. The first-order chi connectivity index (χ1) is 30.3. The molecule has 284 valence electrons. The summed E-state index contributed by atoms with van der Waals surface area (Å²) >= 11 is 0. The second-order valence-corrected chi connectivity index (χ2v) is 15.6. The van der Waals surface area contributed by atoms with Crippen molar-refractivity contribution < 1.29 is 4.42 Å². The van der Waals surface area contributed by atoms with E-state index in [0.29, 0.717) is 17.5 Å². The van der Waals surface area contributed by atoms with Crippen LogP contribution in [-0.2, 0) is 0 Å². The quantitative estimate of drug-likeness (QED) is 0.175. The lowest BCUT2D eigenvalue weighted by Crippen LogP contribution is -2.02. The molecule has 0 unspecified atom stereocenters. The Morgan fingerprint density at radius 1 is 0.344 bits per heavy atom. The van der Waals surface area contributed by atoms with Gasteiger partial charge in [-0.05, 0) is 53.9 Å². The van der Waals surface area contributed by atoms with Gasteiger partial charge in [0, 0.05) is 60.1 Å². The number of rotatable bonds is 5. The van der Waals surface area contributed by atoms with Crippen molar-refractivity contribution in [3.05, 3.63) is 200 Å². The molecule has 0 spiro atoms. The normalized spacial score (nSPS) is 11.9. The van der Waals surface area contributed by atoms with E-state index in [-0.39, 0.29) is 0 Å². The maximum absolute atomic E-state index is 6.84. The molecule has 0 radical (unpaired) electrons. The first-order valence-electron chi connectivity index (χ1n) is 20.5. The van der Waals surface area contributed by atoms with Crippen molar-refractivity contribution in [1.82, 2.24) is 24.1 Å². The van der Waals surface area contributed by atoms with E-state index < -0.39 is 0 Å². The number of hydrogen-bond acceptors (Lipinski definition) is 4. The Kier molecular flexibility index (Phi) is 7.21. The molecule has 4 aromatic heterocycles. The molecule has 6 heteroatoms. The monoisotopic (exact) mass is 779 g/mol. The van der Waals surface area contributed by atoms with E-state index in [4.69, 9.17) is 19.4 Å². The third kappa shape index (κ3) is 5.06. The highest BCUT2D eigenvalue weighted by atomic mass is 16.3. The van der Waals surface area contributed by atoms with Gasteiger partial charge in [0.05, 0.1) is 27.8 Å². The highest BCUT2D eigenvalue weighted by Gasteiger charge is 2.23. The van der Waals surface area contributed by atoms with Crippen LogP contribution in [0.1, 0.15) is 0 Å². The summed E-state index contributed by atoms with van der Waals surface area (Å²) in [6.45, 7) is 0. The summed E-state index contributed by atoms with van der Waals surface area (Å²) < 4.78 is 11.6. The van der Waals surface area contributed by atoms with Gasteiger partial charge in [0.1, 0.15) is 5.58 Å². The Hall–Kier alpha value is -8.35. The molecule has 4 heterocycles. The zero-order valence-corrected chi connectivity index (χ0v) is 32.7. The molecule has 0 atom stereocenters. The standard InChI is InChI=1S/C55H33N5O/c1-3-15-34(16-4-1)53-56-54(35-17-5-2-6-18-35)58-55(57-53)45-31-32-48(38-20-8-7-19-37(38)45)60-49-33-36(59-46-24-12-9-21-39(46)40-22-10-13-25-47(40)59)27-28-41(49)43-29-30-44-42-23-11-14-26-50(42)61-52(44)51(43)60/h1-33H. The van der Waals surface area contributed by atoms with Crippen LogP contribution in [0, 0.1) is 0 Å². The molecule has 13 rings (SSSR count). The van der Waals surface area contributed by atoms with Crippen molar-refractivity contribution in [2.45, 2.75) is 0 Å². The fourth-order valence-electron chi connectivity index (χ4n) is 9.46. The van der Waals surface area contributed by atoms with Gasteiger partial charge in [-0.25, -0.2) is 15.0 Å². The molecule has 0 aliphatic carbocycles. The van der Waals surface area contributed by atoms with Crippen LogP contribution in [0.15, 0.2) is 205 Å². The van der Waals surface area contributed by atoms with Gasteiger partial charge >= 0.3 is 0 Å². The van der Waals surface area contributed by atoms with Crippen LogP contribution in [0.4, 0.5) is 0 Å². The average Bonchev–Trinajstić information content (AvgIpc) is 3.99. The molecular weight excluding hydrogens is 747 g/mol. The molecule has 0 fully saturated rings. The van der Waals surface area contributed by atoms with Crippen molar-refractivity contribution >= 4 is 76.3 Å². The van der Waals surface area contributed by atoms with Gasteiger partial charge in [0.25, 0.3) is 0 Å². The van der Waals surface area contributed by atoms with Gasteiger partial charge in [0.15, 0.2) is 23.1 Å². The zero-order valence-electron chi connectivity index (χ0n) is 32.7. The molecule has 0 N–H and O–H groups in total. The SMILES string of the molecule is c1ccc(-c2nc(-c3ccccc3)nc(-c3ccc(-n4c5cc(-n6c7ccccc7c7ccccc76)ccc5c5ccc6c7ccccc7oc6c54)c4ccccc34)n2)cc1. The third-order valence-corrected chi connectivity index (χ3v) is 12.2. The highest BCUT2D eigenvalue weighted by molar-refractivity contribution is 6.22. The van der Waals surface area contributed by atoms with Gasteiger partial charge in [-0.15, -0.1) is 0 Å². The van der Waals surface area contributed by atoms with E-state index >= 15 is 0 Å². The van der Waals surface area contributed by atoms with Crippen LogP contribution in [0.3, 0.4) is 0 Å². The summed E-state index contributed by atoms with van der Waals surface area (Å²) in [6.07, 6.45) is 0. The second kappa shape index (κ2) is 13.1. The van der Waals surface area contributed by atoms with Crippen LogP contribution < -0.4 is 0 Å². The number of furan rings is 1. The lowest BCUT2D eigenvalue weighted by Gasteiger charge is -2.16. The summed E-state index contributed by atoms with van der Waals surface area (Å²) in [4.78, 5) is 15.3. The maximum atomic E-state index is 6.84. The number of para-hydroxylation sites is 3. The summed E-state index contributed by atoms with van der Waals surface area (Å²) in [5.41, 5.74) is 11.1. The van der Waals surface area contributed by atoms with E-state index in [1.54, 1.807) is 0 Å². The third-order valence-electron chi connectivity index (χ3n) is 12.2. The zero-order chi connectivity index (χ0) is 40.0. The van der Waals surface area contributed by atoms with Gasteiger partial charge in [-0.2, -0.15) is 0 Å². The number of nitrogens with zero attached hydrogens (tertiary/aromatic N) is 5. The topological polar surface area (TPSA) is 61.7 Å². The Labute approximate surface area is 349 Å². The maximum Gasteiger partial charge on any atom is 0.164 e. The second-order valence-electron chi connectivity index (χ2n) is 15.6. The Morgan fingerprint density at radius 2 is 0.869 bits per heavy atom. The Bertz CT molecular complexity index is 3770. The summed E-state index contributed by atoms with van der Waals surface area (Å²) in [5, 5.41) is 9.02. The largest absolute Gasteiger partial charge is 0.454 e. The molecule has 0 aliphatic heterocycles. The summed E-state index contributed by atoms with van der Waals surface area (Å²) in [6, 6.07) is 70.3. The predicted octanol–water partition coefficient (Wildman–Crippen LogP) is 14.1. The highest BCUT2D eigenvalue weighted by Crippen LogP contribution is 2.44. The lowest BCUT2D eigenvalue weighted by atomic mass is 10.0. The van der Waals surface area contributed by atoms with Crippen molar-refractivity contribution in [2.75, 3.05) is 0 Å². The summed E-state index contributed by atoms with van der Waals surface area (Å²) in [5.74, 6) is 1.88. The van der Waals surface area contributed by atoms with E-state index in [0.717, 1.165) is 82.6 Å². The molecule has 0 aliphatic rings. The average molecular weight is 780 g/mol. The van der Waals surface area contributed by atoms with Crippen LogP contribution >= 0.6 is 0 Å². The van der Waals surface area contributed by atoms with Crippen molar-refractivity contribution in [3.63, 3.8) is 0 Å². The number of aromatic nitrogens is 5. The van der Waals surface area contributed by atoms with E-state index in [2.05, 4.69) is 143 Å². The molecule has 0 amide bonds. The van der Waals surface area contributed by atoms with Crippen molar-refractivity contribution in [2.24, 2.45) is 0 Å². The fourth-order valence-corrected chi connectivity index (χ4v) is 9.46. The molecule has 61 heavy (non-hydrogen) atoms. The van der Waals surface area contributed by atoms with E-state index in [9.17, 15) is 0 Å². The minimum Gasteiger partial charge on any atom is -0.454 e. The molecule has 0 saturated heterocycles. The summed E-state index contributed by atoms with van der Waals surface area (Å²) in [7, 11) is 0. The Morgan fingerprint density at radius 3 is 1.56 bits per heavy atom. The van der Waals surface area contributed by atoms with Gasteiger partial charge in [-0.1, -0.05) is 152 Å². The minimum absolute atomic E-state index is 0.617. The molecule has 6 nitrogen and oxygen atoms in total. The van der Waals surface area contributed by atoms with Gasteiger partial charge in [0.2, 0.25) is 0 Å². The van der Waals surface area contributed by atoms with E-state index in [1.807, 2.05) is 66.7 Å². The number of benzene rings is 9. The predicted molar refractivity (Wildman–Crippen MR) is 250 cm³/mol. The molecule has 0 saturated carbocycles. The molecule has 0 bridgehead atoms. The van der Waals surface area contributed by atoms with Crippen LogP contribution in [0.5, 0.6) is 0 Å². The van der Waals surface area contributed by atoms with Crippen LogP contribution in [-0.4, -0.2) is 24.1 Å². The van der Waals surface area contributed by atoms with Crippen LogP contribution in [0.2, 0.25) is 0 Å². The smallest absolute Gasteiger partial charge is 0.164 e. The van der Waals surface area contributed by atoms with Gasteiger partial charge < -0.3 is 13.6 Å². The van der Waals surface area contributed by atoms with Gasteiger partial charge in [-0.3, -0.25) is 0 Å². The van der Waals surface area contributed by atoms with Crippen molar-refractivity contribution in [3.8, 4) is 45.5 Å². The number of fused-ring (bicyclic) bond motifs is 11. The molecular formula is C55H33N5O. The molecule has 13 aromatic rings. The first kappa shape index (κ1) is 33.6. The molecule has 9 aromatic carbocycles. The van der Waals surface area contributed by atoms with Crippen LogP contribution in [0.25, 0.3) is 122 Å². The fraction of sp³-hybridized carbons (Fsp3) is 0. The van der Waals surface area contributed by atoms with E-state index in [1.165, 1.54) is 21.8 Å². The first-order valence-corrected chi connectivity index (χ1v) is 20.5. The Balaban J connectivity index is 1.11. The van der Waals surface area contributed by atoms with Crippen molar-refractivity contribution in [1.29, 1.82) is 0 Å². The minimum atomic E-state index is 0.617. The lowest BCUT2D eigenvalue weighted by molar-refractivity contribution is 0.671.